The molecule has 0 saturated carbocycles. The molecular formula is C25H32O4. The predicted octanol–water partition coefficient (Wildman–Crippen LogP) is 6.64. The first-order chi connectivity index (χ1) is 14.1. The Bertz CT molecular complexity index is 797. The number of rotatable bonds is 12. The van der Waals surface area contributed by atoms with E-state index < -0.39 is 5.97 Å². The number of hydrogen-bond acceptors (Lipinski definition) is 3. The molecule has 0 spiro atoms. The second kappa shape index (κ2) is 10.4. The Morgan fingerprint density at radius 1 is 1.00 bits per heavy atom. The van der Waals surface area contributed by atoms with Crippen molar-refractivity contribution in [3.63, 3.8) is 0 Å². The number of benzene rings is 2. The molecule has 2 aromatic rings. The molecule has 4 nitrogen and oxygen atoms in total. The maximum Gasteiger partial charge on any atom is 0.336 e. The predicted molar refractivity (Wildman–Crippen MR) is 116 cm³/mol. The third-order valence-corrected chi connectivity index (χ3v) is 5.52. The second-order valence-electron chi connectivity index (χ2n) is 7.75. The molecule has 2 atom stereocenters. The van der Waals surface area contributed by atoms with E-state index in [1.165, 1.54) is 32.1 Å². The molecule has 1 fully saturated rings. The van der Waals surface area contributed by atoms with Gasteiger partial charge < -0.3 is 14.6 Å². The first-order valence-electron chi connectivity index (χ1n) is 10.9. The fourth-order valence-corrected chi connectivity index (χ4v) is 3.72. The third-order valence-electron chi connectivity index (χ3n) is 5.52. The highest BCUT2D eigenvalue weighted by molar-refractivity contribution is 5.96. The summed E-state index contributed by atoms with van der Waals surface area (Å²) in [4.78, 5) is 11.8. The third kappa shape index (κ3) is 5.83. The highest BCUT2D eigenvalue weighted by Crippen LogP contribution is 2.42. The van der Waals surface area contributed by atoms with Gasteiger partial charge in [0.15, 0.2) is 0 Å². The van der Waals surface area contributed by atoms with Gasteiger partial charge in [-0.15, -0.1) is 0 Å². The largest absolute Gasteiger partial charge is 0.494 e. The molecule has 1 heterocycles. The zero-order chi connectivity index (χ0) is 20.6. The standard InChI is InChI=1S/C25H32O4/c1-3-5-6-7-8-9-16-28-20-13-10-18(11-14-20)21-15-12-19(17-22(21)25(26)27)24-23(4-2)29-24/h10-15,17,23-24H,3-9,16H2,1-2H3,(H,26,27)/t23-,24?/m0/s1. The average molecular weight is 397 g/mol. The summed E-state index contributed by atoms with van der Waals surface area (Å²) in [5.41, 5.74) is 2.85. The first-order valence-corrected chi connectivity index (χ1v) is 10.9. The van der Waals surface area contributed by atoms with Gasteiger partial charge in [-0.1, -0.05) is 70.2 Å². The molecule has 156 valence electrons. The van der Waals surface area contributed by atoms with Gasteiger partial charge in [0.05, 0.1) is 18.3 Å². The van der Waals surface area contributed by atoms with Crippen LogP contribution >= 0.6 is 0 Å². The van der Waals surface area contributed by atoms with Crippen LogP contribution in [-0.2, 0) is 4.74 Å². The molecule has 0 amide bonds. The summed E-state index contributed by atoms with van der Waals surface area (Å²) in [5.74, 6) is -0.0908. The topological polar surface area (TPSA) is 59.1 Å². The van der Waals surface area contributed by atoms with Gasteiger partial charge in [-0.2, -0.15) is 0 Å². The van der Waals surface area contributed by atoms with Crippen LogP contribution in [0, 0.1) is 0 Å². The van der Waals surface area contributed by atoms with E-state index in [9.17, 15) is 9.90 Å². The van der Waals surface area contributed by atoms with Crippen LogP contribution in [0.5, 0.6) is 5.75 Å². The molecule has 4 heteroatoms. The van der Waals surface area contributed by atoms with Gasteiger partial charge >= 0.3 is 5.97 Å². The average Bonchev–Trinajstić information content (AvgIpc) is 3.53. The minimum Gasteiger partial charge on any atom is -0.494 e. The summed E-state index contributed by atoms with van der Waals surface area (Å²) < 4.78 is 11.4. The van der Waals surface area contributed by atoms with Crippen LogP contribution in [0.1, 0.15) is 80.8 Å². The fraction of sp³-hybridized carbons (Fsp3) is 0.480. The zero-order valence-electron chi connectivity index (χ0n) is 17.5. The minimum absolute atomic E-state index is 0.0323. The molecule has 0 aromatic heterocycles. The minimum atomic E-state index is -0.918. The Morgan fingerprint density at radius 2 is 1.72 bits per heavy atom. The number of carbonyl (C=O) groups is 1. The van der Waals surface area contributed by atoms with Gasteiger partial charge in [0.2, 0.25) is 0 Å². The Labute approximate surface area is 173 Å². The van der Waals surface area contributed by atoms with Gasteiger partial charge in [0.25, 0.3) is 0 Å². The van der Waals surface area contributed by atoms with Gasteiger partial charge in [-0.05, 0) is 47.7 Å². The van der Waals surface area contributed by atoms with Crippen LogP contribution in [0.15, 0.2) is 42.5 Å². The molecule has 0 bridgehead atoms. The molecule has 1 unspecified atom stereocenters. The summed E-state index contributed by atoms with van der Waals surface area (Å²) in [5, 5.41) is 9.69. The van der Waals surface area contributed by atoms with Crippen LogP contribution < -0.4 is 4.74 Å². The summed E-state index contributed by atoms with van der Waals surface area (Å²) >= 11 is 0. The van der Waals surface area contributed by atoms with Crippen LogP contribution in [0.3, 0.4) is 0 Å². The van der Waals surface area contributed by atoms with Crippen molar-refractivity contribution in [3.05, 3.63) is 53.6 Å². The number of unbranched alkanes of at least 4 members (excludes halogenated alkanes) is 5. The van der Waals surface area contributed by atoms with Gasteiger partial charge in [0.1, 0.15) is 11.9 Å². The number of aromatic carboxylic acids is 1. The van der Waals surface area contributed by atoms with Crippen molar-refractivity contribution in [1.82, 2.24) is 0 Å². The summed E-state index contributed by atoms with van der Waals surface area (Å²) in [6.45, 7) is 5.03. The van der Waals surface area contributed by atoms with Gasteiger partial charge in [-0.25, -0.2) is 4.79 Å². The van der Waals surface area contributed by atoms with E-state index in [1.54, 1.807) is 6.07 Å². The lowest BCUT2D eigenvalue weighted by Gasteiger charge is -2.10. The molecule has 1 N–H and O–H groups in total. The van der Waals surface area contributed by atoms with Crippen molar-refractivity contribution in [3.8, 4) is 16.9 Å². The molecule has 0 aliphatic carbocycles. The first kappa shape index (κ1) is 21.4. The normalized spacial score (nSPS) is 17.9. The lowest BCUT2D eigenvalue weighted by atomic mass is 9.95. The van der Waals surface area contributed by atoms with Crippen LogP contribution in [0.25, 0.3) is 11.1 Å². The van der Waals surface area contributed by atoms with Crippen molar-refractivity contribution in [2.75, 3.05) is 6.61 Å². The zero-order valence-corrected chi connectivity index (χ0v) is 17.5. The Kier molecular flexibility index (Phi) is 7.70. The van der Waals surface area contributed by atoms with E-state index >= 15 is 0 Å². The van der Waals surface area contributed by atoms with Crippen LogP contribution in [0.2, 0.25) is 0 Å². The molecule has 0 radical (unpaired) electrons. The van der Waals surface area contributed by atoms with Crippen LogP contribution in [0.4, 0.5) is 0 Å². The maximum atomic E-state index is 11.8. The summed E-state index contributed by atoms with van der Waals surface area (Å²) in [7, 11) is 0. The number of hydrogen-bond donors (Lipinski definition) is 1. The Balaban J connectivity index is 1.60. The number of carboxylic acid groups (broad SMARTS) is 1. The highest BCUT2D eigenvalue weighted by Gasteiger charge is 2.38. The van der Waals surface area contributed by atoms with Gasteiger partial charge in [0, 0.05) is 0 Å². The second-order valence-corrected chi connectivity index (χ2v) is 7.75. The van der Waals surface area contributed by atoms with E-state index in [1.807, 2.05) is 36.4 Å². The molecule has 3 rings (SSSR count). The lowest BCUT2D eigenvalue weighted by molar-refractivity contribution is 0.0697. The fourth-order valence-electron chi connectivity index (χ4n) is 3.72. The SMILES string of the molecule is CCCCCCCCOc1ccc(-c2ccc(C3O[C@H]3CC)cc2C(=O)O)cc1. The van der Waals surface area contributed by atoms with E-state index in [4.69, 9.17) is 9.47 Å². The quantitative estimate of drug-likeness (QED) is 0.323. The molecule has 1 aliphatic rings. The van der Waals surface area contributed by atoms with Crippen molar-refractivity contribution in [2.24, 2.45) is 0 Å². The highest BCUT2D eigenvalue weighted by atomic mass is 16.6. The lowest BCUT2D eigenvalue weighted by Crippen LogP contribution is -2.02. The van der Waals surface area contributed by atoms with E-state index in [0.29, 0.717) is 5.56 Å². The summed E-state index contributed by atoms with van der Waals surface area (Å²) in [6, 6.07) is 13.3. The van der Waals surface area contributed by atoms with E-state index in [2.05, 4.69) is 13.8 Å². The van der Waals surface area contributed by atoms with E-state index in [-0.39, 0.29) is 12.2 Å². The molecular weight excluding hydrogens is 364 g/mol. The number of ether oxygens (including phenoxy) is 2. The van der Waals surface area contributed by atoms with Gasteiger partial charge in [-0.3, -0.25) is 0 Å². The van der Waals surface area contributed by atoms with Crippen LogP contribution in [-0.4, -0.2) is 23.8 Å². The van der Waals surface area contributed by atoms with Crippen molar-refractivity contribution >= 4 is 5.97 Å². The number of epoxide rings is 1. The Morgan fingerprint density at radius 3 is 2.38 bits per heavy atom. The van der Waals surface area contributed by atoms with Crippen molar-refractivity contribution < 1.29 is 19.4 Å². The monoisotopic (exact) mass is 396 g/mol. The summed E-state index contributed by atoms with van der Waals surface area (Å²) in [6.07, 6.45) is 8.62. The molecule has 1 aliphatic heterocycles. The molecule has 2 aromatic carbocycles. The smallest absolute Gasteiger partial charge is 0.336 e. The Hall–Kier alpha value is -2.33. The van der Waals surface area contributed by atoms with E-state index in [0.717, 1.165) is 41.9 Å². The van der Waals surface area contributed by atoms with Crippen molar-refractivity contribution in [1.29, 1.82) is 0 Å². The number of carboxylic acids is 1. The van der Waals surface area contributed by atoms with Crippen molar-refractivity contribution in [2.45, 2.75) is 71.0 Å². The molecule has 1 saturated heterocycles. The maximum absolute atomic E-state index is 11.8. The molecule has 29 heavy (non-hydrogen) atoms.